The molecule has 7 atom stereocenters. The Hall–Kier alpha value is -0.570. The molecule has 0 spiro atoms. The fourth-order valence-corrected chi connectivity index (χ4v) is 10.1. The zero-order chi connectivity index (χ0) is 19.7. The van der Waals surface area contributed by atoms with Gasteiger partial charge in [0.15, 0.2) is 6.79 Å². The summed E-state index contributed by atoms with van der Waals surface area (Å²) in [5.41, 5.74) is 0. The van der Waals surface area contributed by atoms with Crippen molar-refractivity contribution in [2.45, 2.75) is 84.2 Å². The van der Waals surface area contributed by atoms with Crippen LogP contribution in [0.25, 0.3) is 0 Å². The van der Waals surface area contributed by atoms with Gasteiger partial charge in [-0.25, -0.2) is 0 Å². The summed E-state index contributed by atoms with van der Waals surface area (Å²) in [5, 5.41) is 0. The number of esters is 1. The fourth-order valence-electron chi connectivity index (χ4n) is 10.1. The van der Waals surface area contributed by atoms with Crippen molar-refractivity contribution in [3.05, 3.63) is 0 Å². The van der Waals surface area contributed by atoms with Gasteiger partial charge in [0.2, 0.25) is 0 Å². The monoisotopic (exact) mass is 400 g/mol. The van der Waals surface area contributed by atoms with Gasteiger partial charge in [0.25, 0.3) is 0 Å². The first-order chi connectivity index (χ1) is 14.2. The van der Waals surface area contributed by atoms with Crippen LogP contribution in [-0.4, -0.2) is 18.9 Å². The molecule has 0 heterocycles. The number of rotatable bonds is 6. The van der Waals surface area contributed by atoms with E-state index in [1.807, 2.05) is 0 Å². The molecule has 0 saturated heterocycles. The molecule has 7 saturated carbocycles. The van der Waals surface area contributed by atoms with Crippen LogP contribution in [0.2, 0.25) is 0 Å². The van der Waals surface area contributed by atoms with Crippen molar-refractivity contribution in [3.8, 4) is 0 Å². The molecule has 0 amide bonds. The van der Waals surface area contributed by atoms with Crippen LogP contribution in [0, 0.1) is 65.1 Å². The van der Waals surface area contributed by atoms with Gasteiger partial charge in [-0.05, 0) is 111 Å². The topological polar surface area (TPSA) is 35.5 Å². The van der Waals surface area contributed by atoms with Gasteiger partial charge in [0, 0.05) is 0 Å². The van der Waals surface area contributed by atoms with Crippen LogP contribution >= 0.6 is 0 Å². The van der Waals surface area contributed by atoms with E-state index >= 15 is 0 Å². The summed E-state index contributed by atoms with van der Waals surface area (Å²) in [6.45, 7) is 4.94. The van der Waals surface area contributed by atoms with Crippen molar-refractivity contribution in [3.63, 3.8) is 0 Å². The first-order valence-electron chi connectivity index (χ1n) is 12.9. The summed E-state index contributed by atoms with van der Waals surface area (Å²) in [6, 6.07) is 0. The van der Waals surface area contributed by atoms with Crippen molar-refractivity contribution >= 4 is 5.97 Å². The second-order valence-corrected chi connectivity index (χ2v) is 11.9. The van der Waals surface area contributed by atoms with Gasteiger partial charge >= 0.3 is 5.97 Å². The van der Waals surface area contributed by atoms with E-state index in [1.165, 1.54) is 57.8 Å². The SMILES string of the molecule is CCC1CC(CC)C2C3CC(CC3C(=O)OCOC3C4CC5CC(C4)CC3C5)C12. The van der Waals surface area contributed by atoms with Crippen LogP contribution in [0.3, 0.4) is 0 Å². The highest BCUT2D eigenvalue weighted by molar-refractivity contribution is 5.73. The van der Waals surface area contributed by atoms with E-state index < -0.39 is 0 Å². The average Bonchev–Trinajstić information content (AvgIpc) is 3.39. The van der Waals surface area contributed by atoms with Gasteiger partial charge in [0.1, 0.15) is 0 Å². The van der Waals surface area contributed by atoms with Gasteiger partial charge in [-0.15, -0.1) is 0 Å². The van der Waals surface area contributed by atoms with Gasteiger partial charge in [-0.3, -0.25) is 4.79 Å². The van der Waals surface area contributed by atoms with E-state index in [0.717, 1.165) is 59.7 Å². The number of hydrogen-bond acceptors (Lipinski definition) is 3. The van der Waals surface area contributed by atoms with E-state index in [0.29, 0.717) is 12.0 Å². The Bertz CT molecular complexity index is 616. The predicted molar refractivity (Wildman–Crippen MR) is 112 cm³/mol. The van der Waals surface area contributed by atoms with Crippen LogP contribution in [0.1, 0.15) is 78.1 Å². The minimum atomic E-state index is 0.0644. The van der Waals surface area contributed by atoms with Gasteiger partial charge < -0.3 is 9.47 Å². The van der Waals surface area contributed by atoms with E-state index in [2.05, 4.69) is 13.8 Å². The standard InChI is InChI=1S/C26H40O3/c1-3-16-10-17(4-2)24-21-11-18(23(16)24)12-22(21)26(27)29-13-28-25-19-6-14-5-15(8-19)9-20(25)7-14/h14-25H,3-13H2,1-2H3. The second-order valence-electron chi connectivity index (χ2n) is 11.9. The number of fused-ring (bicyclic) bond motifs is 5. The highest BCUT2D eigenvalue weighted by Gasteiger charge is 2.61. The maximum Gasteiger partial charge on any atom is 0.311 e. The van der Waals surface area contributed by atoms with Crippen molar-refractivity contribution in [1.29, 1.82) is 0 Å². The number of carbonyl (C=O) groups is 1. The molecule has 3 nitrogen and oxygen atoms in total. The first kappa shape index (κ1) is 19.1. The molecular formula is C26H40O3. The molecular weight excluding hydrogens is 360 g/mol. The molecule has 7 aliphatic carbocycles. The summed E-state index contributed by atoms with van der Waals surface area (Å²) in [5.74, 6) is 8.48. The third-order valence-electron chi connectivity index (χ3n) is 10.8. The van der Waals surface area contributed by atoms with E-state index in [4.69, 9.17) is 9.47 Å². The van der Waals surface area contributed by atoms with Crippen molar-refractivity contribution < 1.29 is 14.3 Å². The van der Waals surface area contributed by atoms with E-state index in [9.17, 15) is 4.79 Å². The molecule has 7 aliphatic rings. The van der Waals surface area contributed by atoms with Crippen molar-refractivity contribution in [2.24, 2.45) is 65.1 Å². The molecule has 0 N–H and O–H groups in total. The van der Waals surface area contributed by atoms with Crippen molar-refractivity contribution in [2.75, 3.05) is 6.79 Å². The minimum Gasteiger partial charge on any atom is -0.438 e. The smallest absolute Gasteiger partial charge is 0.311 e. The maximum absolute atomic E-state index is 13.0. The zero-order valence-corrected chi connectivity index (χ0v) is 18.4. The summed E-state index contributed by atoms with van der Waals surface area (Å²) in [4.78, 5) is 13.0. The number of carbonyl (C=O) groups excluding carboxylic acids is 1. The Kier molecular flexibility index (Phi) is 4.78. The summed E-state index contributed by atoms with van der Waals surface area (Å²) in [6.07, 6.45) is 13.7. The lowest BCUT2D eigenvalue weighted by atomic mass is 9.55. The first-order valence-corrected chi connectivity index (χ1v) is 12.9. The number of ether oxygens (including phenoxy) is 2. The normalized spacial score (nSPS) is 54.1. The summed E-state index contributed by atoms with van der Waals surface area (Å²) < 4.78 is 12.0. The van der Waals surface area contributed by atoms with Gasteiger partial charge in [0.05, 0.1) is 12.0 Å². The molecule has 29 heavy (non-hydrogen) atoms. The minimum absolute atomic E-state index is 0.0644. The third-order valence-corrected chi connectivity index (χ3v) is 10.8. The molecule has 7 unspecified atom stereocenters. The Morgan fingerprint density at radius 2 is 1.41 bits per heavy atom. The lowest BCUT2D eigenvalue weighted by Gasteiger charge is -2.53. The molecule has 3 heteroatoms. The Morgan fingerprint density at radius 1 is 0.759 bits per heavy atom. The average molecular weight is 401 g/mol. The highest BCUT2D eigenvalue weighted by Crippen LogP contribution is 2.65. The molecule has 0 aliphatic heterocycles. The van der Waals surface area contributed by atoms with Gasteiger partial charge in [-0.1, -0.05) is 26.7 Å². The molecule has 7 fully saturated rings. The molecule has 0 aromatic carbocycles. The molecule has 0 aromatic rings. The second kappa shape index (κ2) is 7.24. The largest absolute Gasteiger partial charge is 0.438 e. The van der Waals surface area contributed by atoms with Crippen LogP contribution in [0.4, 0.5) is 0 Å². The molecule has 0 aromatic heterocycles. The van der Waals surface area contributed by atoms with Crippen LogP contribution < -0.4 is 0 Å². The summed E-state index contributed by atoms with van der Waals surface area (Å²) in [7, 11) is 0. The van der Waals surface area contributed by atoms with E-state index in [1.54, 1.807) is 0 Å². The van der Waals surface area contributed by atoms with Crippen molar-refractivity contribution in [1.82, 2.24) is 0 Å². The van der Waals surface area contributed by atoms with Crippen LogP contribution in [-0.2, 0) is 14.3 Å². The highest BCUT2D eigenvalue weighted by atomic mass is 16.7. The quantitative estimate of drug-likeness (QED) is 0.425. The lowest BCUT2D eigenvalue weighted by molar-refractivity contribution is -0.191. The molecule has 7 rings (SSSR count). The van der Waals surface area contributed by atoms with Gasteiger partial charge in [-0.2, -0.15) is 0 Å². The molecule has 6 bridgehead atoms. The fraction of sp³-hybridized carbons (Fsp3) is 0.962. The molecule has 0 radical (unpaired) electrons. The third kappa shape index (κ3) is 2.96. The maximum atomic E-state index is 13.0. The Morgan fingerprint density at radius 3 is 2.07 bits per heavy atom. The lowest BCUT2D eigenvalue weighted by Crippen LogP contribution is -2.49. The number of hydrogen-bond donors (Lipinski definition) is 0. The molecule has 162 valence electrons. The Labute approximate surface area is 176 Å². The zero-order valence-electron chi connectivity index (χ0n) is 18.4. The Balaban J connectivity index is 1.05. The van der Waals surface area contributed by atoms with Crippen LogP contribution in [0.15, 0.2) is 0 Å². The van der Waals surface area contributed by atoms with Crippen LogP contribution in [0.5, 0.6) is 0 Å². The predicted octanol–water partition coefficient (Wildman–Crippen LogP) is 5.67. The van der Waals surface area contributed by atoms with E-state index in [-0.39, 0.29) is 18.7 Å². The summed E-state index contributed by atoms with van der Waals surface area (Å²) >= 11 is 0.